The molecule has 1 aromatic heterocycles. The van der Waals surface area contributed by atoms with Crippen molar-refractivity contribution in [1.82, 2.24) is 4.98 Å². The van der Waals surface area contributed by atoms with Crippen LogP contribution in [0.4, 0.5) is 11.5 Å². The summed E-state index contributed by atoms with van der Waals surface area (Å²) in [5, 5.41) is 0. The van der Waals surface area contributed by atoms with Crippen LogP contribution in [0.25, 0.3) is 0 Å². The van der Waals surface area contributed by atoms with Crippen molar-refractivity contribution in [3.63, 3.8) is 0 Å². The highest BCUT2D eigenvalue weighted by Gasteiger charge is 2.11. The van der Waals surface area contributed by atoms with Gasteiger partial charge in [0.25, 0.3) is 0 Å². The molecule has 0 aliphatic carbocycles. The van der Waals surface area contributed by atoms with Crippen LogP contribution in [0.2, 0.25) is 0 Å². The van der Waals surface area contributed by atoms with E-state index in [4.69, 9.17) is 11.6 Å². The van der Waals surface area contributed by atoms with Gasteiger partial charge in [-0.25, -0.2) is 4.98 Å². The van der Waals surface area contributed by atoms with E-state index < -0.39 is 0 Å². The molecule has 0 amide bonds. The van der Waals surface area contributed by atoms with E-state index in [-0.39, 0.29) is 0 Å². The normalized spacial score (nSPS) is 10.5. The lowest BCUT2D eigenvalue weighted by Gasteiger charge is -2.24. The highest BCUT2D eigenvalue weighted by Crippen LogP contribution is 2.27. The third-order valence-electron chi connectivity index (χ3n) is 3.32. The van der Waals surface area contributed by atoms with Gasteiger partial charge in [0.2, 0.25) is 0 Å². The number of pyridine rings is 1. The fraction of sp³-hybridized carbons (Fsp3) is 0.312. The topological polar surface area (TPSA) is 16.1 Å². The molecule has 0 N–H and O–H groups in total. The van der Waals surface area contributed by atoms with E-state index in [2.05, 4.69) is 54.1 Å². The van der Waals surface area contributed by atoms with Crippen molar-refractivity contribution < 1.29 is 0 Å². The lowest BCUT2D eigenvalue weighted by Crippen LogP contribution is -2.18. The van der Waals surface area contributed by atoms with Gasteiger partial charge >= 0.3 is 0 Å². The summed E-state index contributed by atoms with van der Waals surface area (Å²) in [6.07, 6.45) is 0. The van der Waals surface area contributed by atoms with E-state index in [1.807, 2.05) is 13.0 Å². The predicted octanol–water partition coefficient (Wildman–Crippen LogP) is 4.60. The van der Waals surface area contributed by atoms with Crippen molar-refractivity contribution in [3.05, 3.63) is 53.2 Å². The van der Waals surface area contributed by atoms with Crippen LogP contribution in [0.5, 0.6) is 0 Å². The molecule has 2 rings (SSSR count). The molecule has 0 atom stereocenters. The number of anilines is 2. The van der Waals surface area contributed by atoms with Gasteiger partial charge in [0.1, 0.15) is 5.82 Å². The second kappa shape index (κ2) is 6.07. The predicted molar refractivity (Wildman–Crippen MR) is 82.4 cm³/mol. The first-order valence-electron chi connectivity index (χ1n) is 6.53. The Morgan fingerprint density at radius 1 is 1.11 bits per heavy atom. The first-order chi connectivity index (χ1) is 9.17. The Kier molecular flexibility index (Phi) is 4.43. The maximum absolute atomic E-state index is 5.89. The number of hydrogen-bond acceptors (Lipinski definition) is 2. The number of rotatable bonds is 4. The molecular formula is C16H19ClN2. The second-order valence-electron chi connectivity index (χ2n) is 4.58. The molecule has 0 bridgehead atoms. The molecule has 3 heteroatoms. The van der Waals surface area contributed by atoms with Crippen LogP contribution in [0.1, 0.15) is 23.7 Å². The molecule has 0 saturated heterocycles. The summed E-state index contributed by atoms with van der Waals surface area (Å²) < 4.78 is 0. The molecule has 0 unspecified atom stereocenters. The number of hydrogen-bond donors (Lipinski definition) is 0. The number of aromatic nitrogens is 1. The molecule has 100 valence electrons. The molecule has 2 aromatic rings. The Labute approximate surface area is 120 Å². The zero-order valence-corrected chi connectivity index (χ0v) is 12.4. The fourth-order valence-electron chi connectivity index (χ4n) is 2.19. The lowest BCUT2D eigenvalue weighted by molar-refractivity contribution is 0.966. The van der Waals surface area contributed by atoms with Crippen LogP contribution in [-0.2, 0) is 5.88 Å². The van der Waals surface area contributed by atoms with Crippen molar-refractivity contribution in [2.24, 2.45) is 0 Å². The van der Waals surface area contributed by atoms with Crippen LogP contribution in [0.15, 0.2) is 36.4 Å². The van der Waals surface area contributed by atoms with Crippen LogP contribution in [0, 0.1) is 13.8 Å². The third-order valence-corrected chi connectivity index (χ3v) is 3.61. The van der Waals surface area contributed by atoms with Crippen molar-refractivity contribution in [2.75, 3.05) is 11.4 Å². The van der Waals surface area contributed by atoms with Gasteiger partial charge < -0.3 is 4.90 Å². The van der Waals surface area contributed by atoms with Crippen LogP contribution < -0.4 is 4.90 Å². The highest BCUT2D eigenvalue weighted by molar-refractivity contribution is 6.17. The Morgan fingerprint density at radius 2 is 1.84 bits per heavy atom. The fourth-order valence-corrected chi connectivity index (χ4v) is 2.47. The minimum absolute atomic E-state index is 0.510. The van der Waals surface area contributed by atoms with Gasteiger partial charge in [-0.05, 0) is 44.0 Å². The molecule has 0 spiro atoms. The monoisotopic (exact) mass is 274 g/mol. The highest BCUT2D eigenvalue weighted by atomic mass is 35.5. The van der Waals surface area contributed by atoms with Crippen molar-refractivity contribution in [3.8, 4) is 0 Å². The van der Waals surface area contributed by atoms with E-state index in [1.165, 1.54) is 11.3 Å². The van der Waals surface area contributed by atoms with Crippen molar-refractivity contribution in [1.29, 1.82) is 0 Å². The molecule has 2 nitrogen and oxygen atoms in total. The number of aryl methyl sites for hydroxylation is 2. The van der Waals surface area contributed by atoms with Crippen LogP contribution >= 0.6 is 11.6 Å². The summed E-state index contributed by atoms with van der Waals surface area (Å²) in [5.74, 6) is 1.48. The second-order valence-corrected chi connectivity index (χ2v) is 4.85. The average Bonchev–Trinajstić information content (AvgIpc) is 2.42. The van der Waals surface area contributed by atoms with Gasteiger partial charge in [-0.2, -0.15) is 0 Å². The van der Waals surface area contributed by atoms with Crippen molar-refractivity contribution >= 4 is 23.1 Å². The first kappa shape index (κ1) is 13.9. The summed E-state index contributed by atoms with van der Waals surface area (Å²) in [7, 11) is 0. The summed E-state index contributed by atoms with van der Waals surface area (Å²) in [6, 6.07) is 12.5. The Bertz CT molecular complexity index is 566. The zero-order valence-electron chi connectivity index (χ0n) is 11.7. The van der Waals surface area contributed by atoms with Gasteiger partial charge in [-0.1, -0.05) is 24.3 Å². The number of nitrogens with zero attached hydrogens (tertiary/aromatic N) is 2. The molecule has 1 heterocycles. The minimum atomic E-state index is 0.510. The van der Waals surface area contributed by atoms with E-state index in [1.54, 1.807) is 0 Å². The summed E-state index contributed by atoms with van der Waals surface area (Å²) in [5.41, 5.74) is 4.55. The Balaban J connectivity index is 2.43. The van der Waals surface area contributed by atoms with Gasteiger partial charge in [0, 0.05) is 23.8 Å². The number of alkyl halides is 1. The Hall–Kier alpha value is -1.54. The largest absolute Gasteiger partial charge is 0.326 e. The third kappa shape index (κ3) is 2.90. The van der Waals surface area contributed by atoms with E-state index in [0.29, 0.717) is 5.88 Å². The quantitative estimate of drug-likeness (QED) is 0.758. The molecule has 0 saturated carbocycles. The molecular weight excluding hydrogens is 256 g/mol. The minimum Gasteiger partial charge on any atom is -0.326 e. The summed E-state index contributed by atoms with van der Waals surface area (Å²) >= 11 is 5.89. The van der Waals surface area contributed by atoms with Crippen LogP contribution in [0.3, 0.4) is 0 Å². The molecule has 0 radical (unpaired) electrons. The number of benzene rings is 1. The van der Waals surface area contributed by atoms with Gasteiger partial charge in [0.15, 0.2) is 0 Å². The molecule has 0 fully saturated rings. The van der Waals surface area contributed by atoms with E-state index >= 15 is 0 Å². The van der Waals surface area contributed by atoms with Gasteiger partial charge in [-0.15, -0.1) is 11.6 Å². The van der Waals surface area contributed by atoms with Crippen LogP contribution in [-0.4, -0.2) is 11.5 Å². The summed E-state index contributed by atoms with van der Waals surface area (Å²) in [6.45, 7) is 7.15. The molecule has 0 aliphatic heterocycles. The zero-order chi connectivity index (χ0) is 13.8. The standard InChI is InChI=1S/C16H19ClN2/c1-4-19(15-8-6-5-7-12(15)2)16-10-9-14(11-17)13(3)18-16/h5-10H,4,11H2,1-3H3. The molecule has 19 heavy (non-hydrogen) atoms. The lowest BCUT2D eigenvalue weighted by atomic mass is 10.1. The van der Waals surface area contributed by atoms with E-state index in [0.717, 1.165) is 23.6 Å². The maximum Gasteiger partial charge on any atom is 0.133 e. The number of halogens is 1. The summed E-state index contributed by atoms with van der Waals surface area (Å²) in [4.78, 5) is 6.90. The maximum atomic E-state index is 5.89. The van der Waals surface area contributed by atoms with Gasteiger partial charge in [0.05, 0.1) is 0 Å². The van der Waals surface area contributed by atoms with E-state index in [9.17, 15) is 0 Å². The SMILES string of the molecule is CCN(c1ccc(CCl)c(C)n1)c1ccccc1C. The Morgan fingerprint density at radius 3 is 2.42 bits per heavy atom. The van der Waals surface area contributed by atoms with Gasteiger partial charge in [-0.3, -0.25) is 0 Å². The van der Waals surface area contributed by atoms with Crippen molar-refractivity contribution in [2.45, 2.75) is 26.7 Å². The molecule has 1 aromatic carbocycles. The first-order valence-corrected chi connectivity index (χ1v) is 7.06. The molecule has 0 aliphatic rings. The number of para-hydroxylation sites is 1. The smallest absolute Gasteiger partial charge is 0.133 e. The average molecular weight is 275 g/mol.